The molecule has 3 rings (SSSR count). The van der Waals surface area contributed by atoms with Gasteiger partial charge in [0.2, 0.25) is 0 Å². The van der Waals surface area contributed by atoms with E-state index in [-0.39, 0.29) is 12.1 Å². The highest BCUT2D eigenvalue weighted by atomic mass is 32.1. The van der Waals surface area contributed by atoms with Gasteiger partial charge in [-0.3, -0.25) is 5.32 Å². The van der Waals surface area contributed by atoms with Crippen molar-refractivity contribution in [2.45, 2.75) is 32.7 Å². The van der Waals surface area contributed by atoms with Crippen LogP contribution in [0.1, 0.15) is 36.1 Å². The molecule has 0 bridgehead atoms. The zero-order valence-electron chi connectivity index (χ0n) is 12.0. The van der Waals surface area contributed by atoms with E-state index < -0.39 is 0 Å². The number of rotatable bonds is 4. The van der Waals surface area contributed by atoms with Gasteiger partial charge in [0, 0.05) is 17.3 Å². The Labute approximate surface area is 127 Å². The molecule has 0 spiro atoms. The maximum Gasteiger partial charge on any atom is 0.321 e. The summed E-state index contributed by atoms with van der Waals surface area (Å²) in [7, 11) is 0. The van der Waals surface area contributed by atoms with Crippen LogP contribution in [-0.2, 0) is 0 Å². The second kappa shape index (κ2) is 5.77. The van der Waals surface area contributed by atoms with Gasteiger partial charge in [-0.05, 0) is 38.7 Å². The number of anilines is 1. The molecule has 21 heavy (non-hydrogen) atoms. The minimum atomic E-state index is -0.258. The minimum Gasteiger partial charge on any atom is -0.328 e. The van der Waals surface area contributed by atoms with E-state index in [0.29, 0.717) is 16.9 Å². The average Bonchev–Trinajstić information content (AvgIpc) is 3.20. The molecule has 1 saturated carbocycles. The summed E-state index contributed by atoms with van der Waals surface area (Å²) in [6.45, 7) is 3.82. The largest absolute Gasteiger partial charge is 0.328 e. The first-order valence-corrected chi connectivity index (χ1v) is 7.79. The smallest absolute Gasteiger partial charge is 0.321 e. The second-order valence-corrected chi connectivity index (χ2v) is 6.12. The molecule has 1 atom stereocenters. The Kier molecular flexibility index (Phi) is 3.83. The van der Waals surface area contributed by atoms with E-state index in [1.54, 1.807) is 6.20 Å². The standard InChI is InChI=1S/C14H17N5OS/c1-8-5-6-15-12(16-8)11(10-3-4-10)18-13(20)19-14-17-9(2)7-21-14/h5-7,10-11H,3-4H2,1-2H3,(H2,17,18,19,20)/t11-/m1/s1. The van der Waals surface area contributed by atoms with Gasteiger partial charge in [0.1, 0.15) is 0 Å². The highest BCUT2D eigenvalue weighted by Crippen LogP contribution is 2.39. The number of carbonyl (C=O) groups is 1. The molecule has 2 heterocycles. The van der Waals surface area contributed by atoms with Crippen molar-refractivity contribution in [3.63, 3.8) is 0 Å². The number of nitrogens with zero attached hydrogens (tertiary/aromatic N) is 3. The summed E-state index contributed by atoms with van der Waals surface area (Å²) in [5, 5.41) is 8.24. The first-order valence-electron chi connectivity index (χ1n) is 6.91. The number of thiazole rings is 1. The normalized spacial score (nSPS) is 15.5. The molecule has 2 amide bonds. The van der Waals surface area contributed by atoms with E-state index in [2.05, 4.69) is 25.6 Å². The van der Waals surface area contributed by atoms with Crippen molar-refractivity contribution >= 4 is 22.5 Å². The third-order valence-electron chi connectivity index (χ3n) is 3.31. The van der Waals surface area contributed by atoms with Crippen LogP contribution in [0.3, 0.4) is 0 Å². The van der Waals surface area contributed by atoms with Crippen LogP contribution in [-0.4, -0.2) is 21.0 Å². The Bertz CT molecular complexity index is 652. The lowest BCUT2D eigenvalue weighted by atomic mass is 10.1. The van der Waals surface area contributed by atoms with Crippen molar-refractivity contribution < 1.29 is 4.79 Å². The highest BCUT2D eigenvalue weighted by Gasteiger charge is 2.35. The third kappa shape index (κ3) is 3.55. The Balaban J connectivity index is 1.69. The molecule has 1 aliphatic carbocycles. The number of hydrogen-bond acceptors (Lipinski definition) is 5. The molecule has 110 valence electrons. The van der Waals surface area contributed by atoms with Crippen LogP contribution in [0.15, 0.2) is 17.6 Å². The average molecular weight is 303 g/mol. The molecule has 0 aromatic carbocycles. The molecule has 1 fully saturated rings. The maximum absolute atomic E-state index is 12.1. The third-order valence-corrected chi connectivity index (χ3v) is 4.19. The van der Waals surface area contributed by atoms with E-state index >= 15 is 0 Å². The number of urea groups is 1. The van der Waals surface area contributed by atoms with Gasteiger partial charge in [-0.15, -0.1) is 11.3 Å². The minimum absolute atomic E-state index is 0.133. The molecule has 1 aliphatic rings. The van der Waals surface area contributed by atoms with Gasteiger partial charge < -0.3 is 5.32 Å². The van der Waals surface area contributed by atoms with Crippen molar-refractivity contribution in [1.29, 1.82) is 0 Å². The van der Waals surface area contributed by atoms with Gasteiger partial charge in [0.25, 0.3) is 0 Å². The van der Waals surface area contributed by atoms with E-state index in [1.165, 1.54) is 11.3 Å². The number of carbonyl (C=O) groups excluding carboxylic acids is 1. The van der Waals surface area contributed by atoms with Crippen molar-refractivity contribution in [1.82, 2.24) is 20.3 Å². The first kappa shape index (κ1) is 13.9. The van der Waals surface area contributed by atoms with E-state index in [1.807, 2.05) is 25.3 Å². The fraction of sp³-hybridized carbons (Fsp3) is 0.429. The summed E-state index contributed by atoms with van der Waals surface area (Å²) in [5.74, 6) is 1.11. The molecule has 0 aliphatic heterocycles. The number of amides is 2. The van der Waals surface area contributed by atoms with Crippen molar-refractivity contribution in [2.24, 2.45) is 5.92 Å². The Morgan fingerprint density at radius 1 is 1.33 bits per heavy atom. The van der Waals surface area contributed by atoms with Gasteiger partial charge in [-0.2, -0.15) is 0 Å². The molecule has 2 N–H and O–H groups in total. The predicted molar refractivity (Wildman–Crippen MR) is 81.2 cm³/mol. The zero-order valence-corrected chi connectivity index (χ0v) is 12.8. The lowest BCUT2D eigenvalue weighted by molar-refractivity contribution is 0.246. The topological polar surface area (TPSA) is 79.8 Å². The Hall–Kier alpha value is -2.02. The Morgan fingerprint density at radius 2 is 2.14 bits per heavy atom. The van der Waals surface area contributed by atoms with Gasteiger partial charge in [-0.1, -0.05) is 0 Å². The van der Waals surface area contributed by atoms with E-state index in [4.69, 9.17) is 0 Å². The summed E-state index contributed by atoms with van der Waals surface area (Å²) in [6.07, 6.45) is 3.92. The molecular formula is C14H17N5OS. The van der Waals surface area contributed by atoms with Gasteiger partial charge in [0.05, 0.1) is 11.7 Å². The lowest BCUT2D eigenvalue weighted by Gasteiger charge is -2.17. The van der Waals surface area contributed by atoms with Crippen LogP contribution < -0.4 is 10.6 Å². The van der Waals surface area contributed by atoms with Crippen LogP contribution >= 0.6 is 11.3 Å². The number of hydrogen-bond donors (Lipinski definition) is 2. The van der Waals surface area contributed by atoms with Crippen molar-refractivity contribution in [3.05, 3.63) is 34.9 Å². The molecule has 7 heteroatoms. The quantitative estimate of drug-likeness (QED) is 0.910. The fourth-order valence-corrected chi connectivity index (χ4v) is 2.81. The molecule has 0 radical (unpaired) electrons. The summed E-state index contributed by atoms with van der Waals surface area (Å²) in [5.41, 5.74) is 1.81. The molecule has 0 unspecified atom stereocenters. The number of nitrogens with one attached hydrogen (secondary N) is 2. The van der Waals surface area contributed by atoms with Gasteiger partial charge >= 0.3 is 6.03 Å². The van der Waals surface area contributed by atoms with Crippen molar-refractivity contribution in [3.8, 4) is 0 Å². The van der Waals surface area contributed by atoms with Crippen LogP contribution in [0.25, 0.3) is 0 Å². The summed E-state index contributed by atoms with van der Waals surface area (Å²) in [4.78, 5) is 25.1. The zero-order chi connectivity index (χ0) is 14.8. The number of aromatic nitrogens is 3. The second-order valence-electron chi connectivity index (χ2n) is 5.26. The van der Waals surface area contributed by atoms with Crippen molar-refractivity contribution in [2.75, 3.05) is 5.32 Å². The molecule has 2 aromatic heterocycles. The summed E-state index contributed by atoms with van der Waals surface area (Å²) < 4.78 is 0. The molecule has 0 saturated heterocycles. The van der Waals surface area contributed by atoms with Gasteiger partial charge in [0.15, 0.2) is 11.0 Å². The Morgan fingerprint density at radius 3 is 2.76 bits per heavy atom. The molecule has 2 aromatic rings. The SMILES string of the molecule is Cc1ccnc([C@H](NC(=O)Nc2nc(C)cs2)C2CC2)n1. The molecule has 6 nitrogen and oxygen atoms in total. The lowest BCUT2D eigenvalue weighted by Crippen LogP contribution is -2.34. The number of aryl methyl sites for hydroxylation is 2. The van der Waals surface area contributed by atoms with Crippen LogP contribution in [0.4, 0.5) is 9.93 Å². The summed E-state index contributed by atoms with van der Waals surface area (Å²) >= 11 is 1.41. The van der Waals surface area contributed by atoms with Crippen LogP contribution in [0.2, 0.25) is 0 Å². The van der Waals surface area contributed by atoms with E-state index in [0.717, 1.165) is 24.2 Å². The van der Waals surface area contributed by atoms with Crippen LogP contribution in [0, 0.1) is 19.8 Å². The first-order chi connectivity index (χ1) is 10.1. The predicted octanol–water partition coefficient (Wildman–Crippen LogP) is 2.82. The maximum atomic E-state index is 12.1. The monoisotopic (exact) mass is 303 g/mol. The molecular weight excluding hydrogens is 286 g/mol. The fourth-order valence-electron chi connectivity index (χ4n) is 2.13. The van der Waals surface area contributed by atoms with Gasteiger partial charge in [-0.25, -0.2) is 19.7 Å². The van der Waals surface area contributed by atoms with Crippen LogP contribution in [0.5, 0.6) is 0 Å². The summed E-state index contributed by atoms with van der Waals surface area (Å²) in [6, 6.07) is 1.46. The highest BCUT2D eigenvalue weighted by molar-refractivity contribution is 7.13. The van der Waals surface area contributed by atoms with E-state index in [9.17, 15) is 4.79 Å².